The number of aromatic nitrogens is 5. The van der Waals surface area contributed by atoms with Crippen LogP contribution in [0.3, 0.4) is 0 Å². The van der Waals surface area contributed by atoms with E-state index in [0.29, 0.717) is 29.3 Å². The first-order valence-electron chi connectivity index (χ1n) is 12.7. The molecule has 4 heterocycles. The molecule has 37 heavy (non-hydrogen) atoms. The Morgan fingerprint density at radius 1 is 1.08 bits per heavy atom. The van der Waals surface area contributed by atoms with Crippen LogP contribution in [0.5, 0.6) is 0 Å². The second kappa shape index (κ2) is 11.3. The van der Waals surface area contributed by atoms with Gasteiger partial charge in [0.25, 0.3) is 0 Å². The Labute approximate surface area is 216 Å². The van der Waals surface area contributed by atoms with Gasteiger partial charge in [-0.3, -0.25) is 4.90 Å². The lowest BCUT2D eigenvalue weighted by Crippen LogP contribution is -2.34. The smallest absolute Gasteiger partial charge is 0.229 e. The number of imidazole rings is 1. The number of aryl methyl sites for hydroxylation is 1. The van der Waals surface area contributed by atoms with Gasteiger partial charge >= 0.3 is 0 Å². The summed E-state index contributed by atoms with van der Waals surface area (Å²) < 4.78 is 31.6. The van der Waals surface area contributed by atoms with Gasteiger partial charge in [-0.25, -0.2) is 28.7 Å². The molecule has 0 saturated carbocycles. The van der Waals surface area contributed by atoms with Gasteiger partial charge in [0, 0.05) is 49.9 Å². The quantitative estimate of drug-likeness (QED) is 0.372. The number of anilines is 2. The number of hydrogen-bond donors (Lipinski definition) is 2. The van der Waals surface area contributed by atoms with Crippen LogP contribution in [0, 0.1) is 18.6 Å². The molecule has 0 bridgehead atoms. The Hall–Kier alpha value is -3.50. The zero-order chi connectivity index (χ0) is 26.7. The Morgan fingerprint density at radius 3 is 2.59 bits per heavy atom. The first-order chi connectivity index (χ1) is 17.8. The minimum absolute atomic E-state index is 0.00726. The van der Waals surface area contributed by atoms with Crippen molar-refractivity contribution >= 4 is 22.8 Å². The number of fused-ring (bicyclic) bond motifs is 2. The van der Waals surface area contributed by atoms with Gasteiger partial charge in [-0.15, -0.1) is 0 Å². The van der Waals surface area contributed by atoms with Gasteiger partial charge in [0.1, 0.15) is 22.9 Å². The van der Waals surface area contributed by atoms with E-state index in [0.717, 1.165) is 43.5 Å². The van der Waals surface area contributed by atoms with Crippen LogP contribution in [0.25, 0.3) is 22.3 Å². The van der Waals surface area contributed by atoms with Crippen molar-refractivity contribution in [2.75, 3.05) is 25.0 Å². The lowest BCUT2D eigenvalue weighted by atomic mass is 10.1. The summed E-state index contributed by atoms with van der Waals surface area (Å²) in [7, 11) is 0. The third-order valence-corrected chi connectivity index (χ3v) is 6.27. The molecule has 1 aliphatic rings. The molecule has 5 rings (SSSR count). The van der Waals surface area contributed by atoms with Crippen LogP contribution in [-0.2, 0) is 13.0 Å². The number of hydrogen-bond acceptors (Lipinski definition) is 7. The van der Waals surface area contributed by atoms with Crippen molar-refractivity contribution in [3.05, 3.63) is 59.2 Å². The van der Waals surface area contributed by atoms with Gasteiger partial charge in [-0.1, -0.05) is 19.9 Å². The lowest BCUT2D eigenvalue weighted by molar-refractivity contribution is 0.259. The zero-order valence-electron chi connectivity index (χ0n) is 22.0. The summed E-state index contributed by atoms with van der Waals surface area (Å²) in [5.74, 6) is 0.293. The highest BCUT2D eigenvalue weighted by Gasteiger charge is 2.20. The van der Waals surface area contributed by atoms with Crippen molar-refractivity contribution < 1.29 is 8.78 Å². The summed E-state index contributed by atoms with van der Waals surface area (Å²) in [5, 5.41) is 3.07. The fraction of sp³-hybridized carbons (Fsp3) is 0.407. The first-order valence-corrected chi connectivity index (χ1v) is 12.7. The molecule has 8 nitrogen and oxygen atoms in total. The molecule has 0 unspecified atom stereocenters. The van der Waals surface area contributed by atoms with Crippen LogP contribution in [-0.4, -0.2) is 49.0 Å². The maximum Gasteiger partial charge on any atom is 0.229 e. The highest BCUT2D eigenvalue weighted by Crippen LogP contribution is 2.30. The van der Waals surface area contributed by atoms with Crippen molar-refractivity contribution in [2.24, 2.45) is 5.73 Å². The van der Waals surface area contributed by atoms with Crippen molar-refractivity contribution in [1.29, 1.82) is 0 Å². The highest BCUT2D eigenvalue weighted by molar-refractivity contribution is 5.83. The minimum atomic E-state index is -0.639. The van der Waals surface area contributed by atoms with E-state index in [1.54, 1.807) is 6.07 Å². The molecule has 4 aromatic rings. The average molecular weight is 509 g/mol. The number of benzene rings is 1. The predicted molar refractivity (Wildman–Crippen MR) is 143 cm³/mol. The fourth-order valence-electron chi connectivity index (χ4n) is 4.72. The van der Waals surface area contributed by atoms with Gasteiger partial charge in [0.15, 0.2) is 11.6 Å². The summed E-state index contributed by atoms with van der Waals surface area (Å²) in [6.07, 6.45) is 1.91. The van der Waals surface area contributed by atoms with Gasteiger partial charge in [0.05, 0.1) is 11.7 Å². The van der Waals surface area contributed by atoms with E-state index in [4.69, 9.17) is 10.7 Å². The van der Waals surface area contributed by atoms with Crippen molar-refractivity contribution in [2.45, 2.75) is 53.6 Å². The van der Waals surface area contributed by atoms with Gasteiger partial charge in [0.2, 0.25) is 5.95 Å². The molecule has 0 radical (unpaired) electrons. The van der Waals surface area contributed by atoms with E-state index in [-0.39, 0.29) is 23.2 Å². The number of nitrogens with one attached hydrogen (secondary N) is 1. The van der Waals surface area contributed by atoms with E-state index in [2.05, 4.69) is 25.2 Å². The van der Waals surface area contributed by atoms with E-state index in [1.165, 1.54) is 6.07 Å². The van der Waals surface area contributed by atoms with Crippen LogP contribution in [0.15, 0.2) is 30.5 Å². The summed E-state index contributed by atoms with van der Waals surface area (Å²) in [6, 6.07) is 6.93. The van der Waals surface area contributed by atoms with E-state index >= 15 is 0 Å². The normalized spacial score (nSPS) is 13.4. The van der Waals surface area contributed by atoms with Crippen LogP contribution in [0.4, 0.5) is 20.5 Å². The first kappa shape index (κ1) is 26.6. The standard InChI is InChI=1S/C25H28F2N8.C2H6/c1-14(2)35-15(3)30-24-18(26)10-17(11-21(24)35)23-19(27)12-29-25(33-23)32-22-5-4-16-13-34(9-7-28)8-6-20(16)31-22;1-2/h4-5,10-12,14H,6-9,13,28H2,1-3H3,(H,29,31,32,33);1-2H3. The maximum absolute atomic E-state index is 14.9. The molecule has 1 aliphatic heterocycles. The molecule has 0 amide bonds. The Morgan fingerprint density at radius 2 is 1.86 bits per heavy atom. The largest absolute Gasteiger partial charge is 0.329 e. The number of rotatable bonds is 6. The summed E-state index contributed by atoms with van der Waals surface area (Å²) in [5.41, 5.74) is 9.03. The van der Waals surface area contributed by atoms with Crippen LogP contribution >= 0.6 is 0 Å². The van der Waals surface area contributed by atoms with Crippen molar-refractivity contribution in [1.82, 2.24) is 29.4 Å². The third-order valence-electron chi connectivity index (χ3n) is 6.27. The van der Waals surface area contributed by atoms with Crippen LogP contribution < -0.4 is 11.1 Å². The lowest BCUT2D eigenvalue weighted by Gasteiger charge is -2.27. The number of nitrogens with zero attached hydrogens (tertiary/aromatic N) is 6. The molecule has 3 N–H and O–H groups in total. The van der Waals surface area contributed by atoms with Crippen molar-refractivity contribution in [3.63, 3.8) is 0 Å². The van der Waals surface area contributed by atoms with Gasteiger partial charge in [-0.05, 0) is 44.5 Å². The second-order valence-electron chi connectivity index (χ2n) is 9.08. The number of halogens is 2. The Kier molecular flexibility index (Phi) is 8.09. The molecule has 1 aromatic carbocycles. The van der Waals surface area contributed by atoms with E-state index in [1.807, 2.05) is 51.3 Å². The minimum Gasteiger partial charge on any atom is -0.329 e. The molecule has 10 heteroatoms. The third kappa shape index (κ3) is 5.45. The molecule has 0 saturated heterocycles. The SMILES string of the molecule is CC.Cc1nc2c(F)cc(-c3nc(Nc4ccc5c(n4)CCN(CCN)C5)ncc3F)cc2n1C(C)C. The fourth-order valence-corrected chi connectivity index (χ4v) is 4.72. The number of pyridine rings is 1. The molecule has 0 aliphatic carbocycles. The molecule has 196 valence electrons. The Balaban J connectivity index is 0.00000156. The molecular formula is C27H34F2N8. The van der Waals surface area contributed by atoms with Crippen molar-refractivity contribution in [3.8, 4) is 11.3 Å². The average Bonchev–Trinajstić information content (AvgIpc) is 3.23. The molecular weight excluding hydrogens is 474 g/mol. The van der Waals surface area contributed by atoms with Gasteiger partial charge < -0.3 is 15.6 Å². The van der Waals surface area contributed by atoms with Crippen LogP contribution in [0.1, 0.15) is 50.8 Å². The summed E-state index contributed by atoms with van der Waals surface area (Å²) >= 11 is 0. The van der Waals surface area contributed by atoms with E-state index in [9.17, 15) is 8.78 Å². The molecule has 0 atom stereocenters. The summed E-state index contributed by atoms with van der Waals surface area (Å²) in [4.78, 5) is 19.8. The maximum atomic E-state index is 14.9. The predicted octanol–water partition coefficient (Wildman–Crippen LogP) is 5.14. The highest BCUT2D eigenvalue weighted by atomic mass is 19.1. The monoisotopic (exact) mass is 508 g/mol. The van der Waals surface area contributed by atoms with Gasteiger partial charge in [-0.2, -0.15) is 0 Å². The topological polar surface area (TPSA) is 97.8 Å². The number of nitrogens with two attached hydrogens (primary N) is 1. The second-order valence-corrected chi connectivity index (χ2v) is 9.08. The molecule has 0 spiro atoms. The molecule has 3 aromatic heterocycles. The summed E-state index contributed by atoms with van der Waals surface area (Å²) in [6.45, 7) is 13.0. The van der Waals surface area contributed by atoms with E-state index < -0.39 is 11.6 Å². The van der Waals surface area contributed by atoms with Crippen LogP contribution in [0.2, 0.25) is 0 Å². The molecule has 0 fully saturated rings. The Bertz CT molecular complexity index is 1400. The zero-order valence-corrected chi connectivity index (χ0v) is 22.0.